The van der Waals surface area contributed by atoms with E-state index in [2.05, 4.69) is 41.3 Å². The Morgan fingerprint density at radius 1 is 1.17 bits per heavy atom. The lowest BCUT2D eigenvalue weighted by atomic mass is 9.96. The highest BCUT2D eigenvalue weighted by atomic mass is 16.5. The van der Waals surface area contributed by atoms with E-state index in [1.54, 1.807) is 0 Å². The SMILES string of the molecule is C1=C(OC2CCC2)CCN(Cc2ccccc2)C1. The molecule has 96 valence electrons. The Bertz CT molecular complexity index is 408. The van der Waals surface area contributed by atoms with Crippen LogP contribution in [0.5, 0.6) is 0 Å². The summed E-state index contributed by atoms with van der Waals surface area (Å²) in [7, 11) is 0. The van der Waals surface area contributed by atoms with Crippen molar-refractivity contribution >= 4 is 0 Å². The predicted molar refractivity (Wildman–Crippen MR) is 73.1 cm³/mol. The van der Waals surface area contributed by atoms with Crippen LogP contribution in [0.3, 0.4) is 0 Å². The molecular formula is C16H21NO. The van der Waals surface area contributed by atoms with E-state index in [0.29, 0.717) is 6.10 Å². The largest absolute Gasteiger partial charge is 0.495 e. The molecule has 2 nitrogen and oxygen atoms in total. The van der Waals surface area contributed by atoms with Crippen molar-refractivity contribution in [3.63, 3.8) is 0 Å². The molecule has 0 saturated heterocycles. The molecule has 0 radical (unpaired) electrons. The topological polar surface area (TPSA) is 12.5 Å². The van der Waals surface area contributed by atoms with Crippen LogP contribution in [-0.4, -0.2) is 24.1 Å². The van der Waals surface area contributed by atoms with Gasteiger partial charge in [-0.05, 0) is 30.9 Å². The molecule has 0 aromatic heterocycles. The van der Waals surface area contributed by atoms with E-state index >= 15 is 0 Å². The van der Waals surface area contributed by atoms with Gasteiger partial charge in [0.05, 0.1) is 11.9 Å². The number of benzene rings is 1. The molecule has 0 N–H and O–H groups in total. The third-order valence-electron chi connectivity index (χ3n) is 3.87. The highest BCUT2D eigenvalue weighted by molar-refractivity contribution is 5.15. The molecule has 18 heavy (non-hydrogen) atoms. The Labute approximate surface area is 109 Å². The maximum absolute atomic E-state index is 5.96. The van der Waals surface area contributed by atoms with Gasteiger partial charge in [-0.2, -0.15) is 0 Å². The number of nitrogens with zero attached hydrogens (tertiary/aromatic N) is 1. The molecule has 1 heterocycles. The van der Waals surface area contributed by atoms with Crippen LogP contribution in [-0.2, 0) is 11.3 Å². The first-order chi connectivity index (χ1) is 8.90. The van der Waals surface area contributed by atoms with Crippen molar-refractivity contribution in [2.45, 2.75) is 38.3 Å². The van der Waals surface area contributed by atoms with Crippen LogP contribution in [0.1, 0.15) is 31.2 Å². The minimum atomic E-state index is 0.525. The van der Waals surface area contributed by atoms with Gasteiger partial charge in [0.25, 0.3) is 0 Å². The van der Waals surface area contributed by atoms with Crippen LogP contribution in [0.15, 0.2) is 42.2 Å². The van der Waals surface area contributed by atoms with Crippen LogP contribution in [0, 0.1) is 0 Å². The maximum Gasteiger partial charge on any atom is 0.0982 e. The minimum absolute atomic E-state index is 0.525. The zero-order valence-corrected chi connectivity index (χ0v) is 10.8. The fourth-order valence-corrected chi connectivity index (χ4v) is 2.49. The van der Waals surface area contributed by atoms with Crippen LogP contribution in [0.2, 0.25) is 0 Å². The van der Waals surface area contributed by atoms with Crippen molar-refractivity contribution in [3.8, 4) is 0 Å². The summed E-state index contributed by atoms with van der Waals surface area (Å²) >= 11 is 0. The van der Waals surface area contributed by atoms with Crippen molar-refractivity contribution in [1.29, 1.82) is 0 Å². The van der Waals surface area contributed by atoms with Gasteiger partial charge in [0, 0.05) is 26.1 Å². The first kappa shape index (κ1) is 11.8. The molecule has 0 atom stereocenters. The van der Waals surface area contributed by atoms with Gasteiger partial charge < -0.3 is 4.74 Å². The Kier molecular flexibility index (Phi) is 3.65. The second-order valence-electron chi connectivity index (χ2n) is 5.31. The standard InChI is InChI=1S/C16H21NO/c1-2-5-14(6-3-1)13-17-11-9-16(10-12-17)18-15-7-4-8-15/h1-3,5-6,9,15H,4,7-8,10-13H2. The van der Waals surface area contributed by atoms with Crippen LogP contribution >= 0.6 is 0 Å². The summed E-state index contributed by atoms with van der Waals surface area (Å²) in [6.07, 6.45) is 7.72. The molecule has 2 heteroatoms. The molecule has 1 aromatic rings. The first-order valence-electron chi connectivity index (χ1n) is 7.02. The molecule has 1 aromatic carbocycles. The summed E-state index contributed by atoms with van der Waals surface area (Å²) in [6, 6.07) is 10.7. The van der Waals surface area contributed by atoms with Crippen molar-refractivity contribution < 1.29 is 4.74 Å². The Morgan fingerprint density at radius 3 is 2.61 bits per heavy atom. The molecule has 0 unspecified atom stereocenters. The summed E-state index contributed by atoms with van der Waals surface area (Å²) in [5.41, 5.74) is 1.40. The second kappa shape index (κ2) is 5.57. The average Bonchev–Trinajstić information content (AvgIpc) is 2.37. The van der Waals surface area contributed by atoms with Gasteiger partial charge in [-0.25, -0.2) is 0 Å². The quantitative estimate of drug-likeness (QED) is 0.804. The normalized spacial score (nSPS) is 21.2. The predicted octanol–water partition coefficient (Wildman–Crippen LogP) is 3.35. The Hall–Kier alpha value is -1.28. The van der Waals surface area contributed by atoms with Crippen molar-refractivity contribution in [2.24, 2.45) is 0 Å². The lowest BCUT2D eigenvalue weighted by Crippen LogP contribution is -2.30. The average molecular weight is 243 g/mol. The maximum atomic E-state index is 5.96. The third-order valence-corrected chi connectivity index (χ3v) is 3.87. The smallest absolute Gasteiger partial charge is 0.0982 e. The number of hydrogen-bond donors (Lipinski definition) is 0. The van der Waals surface area contributed by atoms with Gasteiger partial charge in [-0.15, -0.1) is 0 Å². The highest BCUT2D eigenvalue weighted by Crippen LogP contribution is 2.26. The summed E-state index contributed by atoms with van der Waals surface area (Å²) in [5.74, 6) is 1.23. The molecule has 1 aliphatic carbocycles. The van der Waals surface area contributed by atoms with Crippen molar-refractivity contribution in [1.82, 2.24) is 4.90 Å². The second-order valence-corrected chi connectivity index (χ2v) is 5.31. The van der Waals surface area contributed by atoms with Crippen molar-refractivity contribution in [3.05, 3.63) is 47.7 Å². The molecule has 0 bridgehead atoms. The van der Waals surface area contributed by atoms with Crippen LogP contribution < -0.4 is 0 Å². The molecule has 1 aliphatic heterocycles. The summed E-state index contributed by atoms with van der Waals surface area (Å²) in [5, 5.41) is 0. The molecule has 3 rings (SSSR count). The van der Waals surface area contributed by atoms with E-state index in [-0.39, 0.29) is 0 Å². The lowest BCUT2D eigenvalue weighted by molar-refractivity contribution is 0.0402. The first-order valence-corrected chi connectivity index (χ1v) is 7.02. The van der Waals surface area contributed by atoms with E-state index in [0.717, 1.165) is 26.1 Å². The van der Waals surface area contributed by atoms with E-state index in [4.69, 9.17) is 4.74 Å². The number of rotatable bonds is 4. The molecule has 0 spiro atoms. The van der Waals surface area contributed by atoms with Gasteiger partial charge >= 0.3 is 0 Å². The zero-order chi connectivity index (χ0) is 12.2. The fraction of sp³-hybridized carbons (Fsp3) is 0.500. The van der Waals surface area contributed by atoms with Crippen molar-refractivity contribution in [2.75, 3.05) is 13.1 Å². The van der Waals surface area contributed by atoms with Gasteiger partial charge in [-0.3, -0.25) is 4.90 Å². The van der Waals surface area contributed by atoms with E-state index in [1.807, 2.05) is 0 Å². The number of ether oxygens (including phenoxy) is 1. The van der Waals surface area contributed by atoms with Gasteiger partial charge in [0.15, 0.2) is 0 Å². The number of hydrogen-bond acceptors (Lipinski definition) is 2. The minimum Gasteiger partial charge on any atom is -0.495 e. The molecule has 2 aliphatic rings. The molecule has 1 saturated carbocycles. The van der Waals surface area contributed by atoms with E-state index in [1.165, 1.54) is 30.6 Å². The molecule has 0 amide bonds. The molecular weight excluding hydrogens is 222 g/mol. The van der Waals surface area contributed by atoms with Gasteiger partial charge in [0.1, 0.15) is 0 Å². The Balaban J connectivity index is 1.49. The van der Waals surface area contributed by atoms with Crippen LogP contribution in [0.25, 0.3) is 0 Å². The van der Waals surface area contributed by atoms with E-state index < -0.39 is 0 Å². The lowest BCUT2D eigenvalue weighted by Gasteiger charge is -2.31. The third kappa shape index (κ3) is 2.94. The summed E-state index contributed by atoms with van der Waals surface area (Å²) in [6.45, 7) is 3.19. The monoisotopic (exact) mass is 243 g/mol. The van der Waals surface area contributed by atoms with Gasteiger partial charge in [-0.1, -0.05) is 30.3 Å². The summed E-state index contributed by atoms with van der Waals surface area (Å²) in [4.78, 5) is 2.48. The van der Waals surface area contributed by atoms with Crippen LogP contribution in [0.4, 0.5) is 0 Å². The van der Waals surface area contributed by atoms with E-state index in [9.17, 15) is 0 Å². The highest BCUT2D eigenvalue weighted by Gasteiger charge is 2.21. The van der Waals surface area contributed by atoms with Gasteiger partial charge in [0.2, 0.25) is 0 Å². The fourth-order valence-electron chi connectivity index (χ4n) is 2.49. The summed E-state index contributed by atoms with van der Waals surface area (Å²) < 4.78 is 5.96. The Morgan fingerprint density at radius 2 is 2.00 bits per heavy atom. The molecule has 1 fully saturated rings. The zero-order valence-electron chi connectivity index (χ0n) is 10.8.